The van der Waals surface area contributed by atoms with E-state index >= 15 is 0 Å². The van der Waals surface area contributed by atoms with Gasteiger partial charge in [-0.1, -0.05) is 30.4 Å². The van der Waals surface area contributed by atoms with Gasteiger partial charge in [0.25, 0.3) is 0 Å². The van der Waals surface area contributed by atoms with Crippen LogP contribution < -0.4 is 4.74 Å². The molecule has 0 heterocycles. The number of methoxy groups -OCH3 is 2. The van der Waals surface area contributed by atoms with Crippen LogP contribution in [0.1, 0.15) is 39.6 Å². The number of allylic oxidation sites excluding steroid dienone is 1. The van der Waals surface area contributed by atoms with E-state index in [1.165, 1.54) is 14.2 Å². The lowest BCUT2D eigenvalue weighted by molar-refractivity contribution is -0.151. The molecule has 0 spiro atoms. The number of fused-ring (bicyclic) bond motifs is 1. The van der Waals surface area contributed by atoms with Crippen molar-refractivity contribution in [1.82, 2.24) is 0 Å². The Labute approximate surface area is 152 Å². The largest absolute Gasteiger partial charge is 0.497 e. The van der Waals surface area contributed by atoms with E-state index in [4.69, 9.17) is 14.2 Å². The summed E-state index contributed by atoms with van der Waals surface area (Å²) in [6.45, 7) is 0. The number of ether oxygens (including phenoxy) is 3. The third-order valence-electron chi connectivity index (χ3n) is 4.29. The molecule has 2 aromatic rings. The molecule has 0 radical (unpaired) electrons. The Bertz CT molecular complexity index is 853. The van der Waals surface area contributed by atoms with E-state index in [-0.39, 0.29) is 0 Å². The van der Waals surface area contributed by atoms with Gasteiger partial charge in [0.2, 0.25) is 6.10 Å². The number of hydrogen-bond acceptors (Lipinski definition) is 5. The second-order valence-electron chi connectivity index (χ2n) is 5.94. The van der Waals surface area contributed by atoms with Crippen LogP contribution in [0, 0.1) is 0 Å². The second-order valence-corrected chi connectivity index (χ2v) is 5.94. The average molecular weight is 352 g/mol. The number of carbonyl (C=O) groups is 2. The molecule has 3 rings (SSSR count). The summed E-state index contributed by atoms with van der Waals surface area (Å²) in [5.74, 6) is -0.652. The SMILES string of the molecule is COC(=O)C(OC(=O)c1ccc2c(c1)CCC=C2)c1cccc(OC)c1. The van der Waals surface area contributed by atoms with E-state index in [1.807, 2.05) is 18.2 Å². The van der Waals surface area contributed by atoms with Crippen molar-refractivity contribution in [2.45, 2.75) is 18.9 Å². The van der Waals surface area contributed by atoms with E-state index in [0.717, 1.165) is 24.0 Å². The third kappa shape index (κ3) is 3.77. The van der Waals surface area contributed by atoms with Gasteiger partial charge in [0, 0.05) is 5.56 Å². The third-order valence-corrected chi connectivity index (χ3v) is 4.29. The number of benzene rings is 2. The minimum Gasteiger partial charge on any atom is -0.497 e. The van der Waals surface area contributed by atoms with Crippen LogP contribution in [0.15, 0.2) is 48.5 Å². The van der Waals surface area contributed by atoms with Crippen LogP contribution in [0.3, 0.4) is 0 Å². The van der Waals surface area contributed by atoms with Gasteiger partial charge in [0.05, 0.1) is 19.8 Å². The number of hydrogen-bond donors (Lipinski definition) is 0. The molecule has 1 unspecified atom stereocenters. The number of esters is 2. The molecule has 1 aliphatic rings. The number of carbonyl (C=O) groups excluding carboxylic acids is 2. The quantitative estimate of drug-likeness (QED) is 0.768. The summed E-state index contributed by atoms with van der Waals surface area (Å²) in [6, 6.07) is 12.2. The molecule has 0 fully saturated rings. The zero-order valence-electron chi connectivity index (χ0n) is 14.7. The predicted molar refractivity (Wildman–Crippen MR) is 97.0 cm³/mol. The average Bonchev–Trinajstić information content (AvgIpc) is 2.70. The molecule has 0 amide bonds. The number of aryl methyl sites for hydroxylation is 1. The Morgan fingerprint density at radius 3 is 2.69 bits per heavy atom. The van der Waals surface area contributed by atoms with Crippen molar-refractivity contribution in [3.05, 3.63) is 70.8 Å². The van der Waals surface area contributed by atoms with Crippen LogP contribution >= 0.6 is 0 Å². The molecule has 0 saturated heterocycles. The molecular formula is C21H20O5. The molecule has 134 valence electrons. The Morgan fingerprint density at radius 1 is 1.08 bits per heavy atom. The van der Waals surface area contributed by atoms with Gasteiger partial charge in [0.15, 0.2) is 0 Å². The first-order chi connectivity index (χ1) is 12.6. The summed E-state index contributed by atoms with van der Waals surface area (Å²) in [6.07, 6.45) is 4.82. The van der Waals surface area contributed by atoms with Crippen molar-refractivity contribution in [2.24, 2.45) is 0 Å². The van der Waals surface area contributed by atoms with Gasteiger partial charge in [-0.3, -0.25) is 0 Å². The molecule has 26 heavy (non-hydrogen) atoms. The second kappa shape index (κ2) is 7.87. The topological polar surface area (TPSA) is 61.8 Å². The van der Waals surface area contributed by atoms with Crippen molar-refractivity contribution < 1.29 is 23.8 Å². The first-order valence-corrected chi connectivity index (χ1v) is 8.34. The smallest absolute Gasteiger partial charge is 0.351 e. The maximum Gasteiger partial charge on any atom is 0.351 e. The zero-order chi connectivity index (χ0) is 18.5. The predicted octanol–water partition coefficient (Wildman–Crippen LogP) is 3.73. The van der Waals surface area contributed by atoms with E-state index < -0.39 is 18.0 Å². The summed E-state index contributed by atoms with van der Waals surface area (Å²) >= 11 is 0. The molecule has 0 bridgehead atoms. The van der Waals surface area contributed by atoms with E-state index in [2.05, 4.69) is 6.08 Å². The monoisotopic (exact) mass is 352 g/mol. The highest BCUT2D eigenvalue weighted by molar-refractivity contribution is 5.92. The summed E-state index contributed by atoms with van der Waals surface area (Å²) in [5, 5.41) is 0. The first-order valence-electron chi connectivity index (χ1n) is 8.34. The summed E-state index contributed by atoms with van der Waals surface area (Å²) in [4.78, 5) is 24.8. The van der Waals surface area contributed by atoms with Crippen molar-refractivity contribution in [3.8, 4) is 5.75 Å². The lowest BCUT2D eigenvalue weighted by Gasteiger charge is -2.17. The number of rotatable bonds is 5. The van der Waals surface area contributed by atoms with E-state index in [1.54, 1.807) is 30.3 Å². The van der Waals surface area contributed by atoms with Gasteiger partial charge in [-0.25, -0.2) is 9.59 Å². The maximum atomic E-state index is 12.6. The highest BCUT2D eigenvalue weighted by atomic mass is 16.6. The van der Waals surface area contributed by atoms with Crippen molar-refractivity contribution in [2.75, 3.05) is 14.2 Å². The minimum absolute atomic E-state index is 0.413. The standard InChI is InChI=1S/C21H20O5/c1-24-18-9-5-8-16(13-18)19(21(23)25-2)26-20(22)17-11-10-14-6-3-4-7-15(14)12-17/h3,5-6,8-13,19H,4,7H2,1-2H3. The first kappa shape index (κ1) is 17.7. The molecule has 0 aliphatic heterocycles. The van der Waals surface area contributed by atoms with Crippen molar-refractivity contribution in [3.63, 3.8) is 0 Å². The van der Waals surface area contributed by atoms with Gasteiger partial charge in [0.1, 0.15) is 5.75 Å². The van der Waals surface area contributed by atoms with Crippen LogP contribution in [0.5, 0.6) is 5.75 Å². The van der Waals surface area contributed by atoms with Crippen LogP contribution in [0.2, 0.25) is 0 Å². The molecule has 0 N–H and O–H groups in total. The van der Waals surface area contributed by atoms with E-state index in [9.17, 15) is 9.59 Å². The molecular weight excluding hydrogens is 332 g/mol. The van der Waals surface area contributed by atoms with Gasteiger partial charge in [-0.2, -0.15) is 0 Å². The minimum atomic E-state index is -1.15. The van der Waals surface area contributed by atoms with Crippen LogP contribution in [-0.2, 0) is 20.7 Å². The highest BCUT2D eigenvalue weighted by Crippen LogP contribution is 2.26. The fourth-order valence-corrected chi connectivity index (χ4v) is 2.90. The Kier molecular flexibility index (Phi) is 5.37. The van der Waals surface area contributed by atoms with Crippen LogP contribution in [0.4, 0.5) is 0 Å². The molecule has 2 aromatic carbocycles. The van der Waals surface area contributed by atoms with Crippen LogP contribution in [-0.4, -0.2) is 26.2 Å². The van der Waals surface area contributed by atoms with Gasteiger partial charge in [-0.05, 0) is 48.2 Å². The van der Waals surface area contributed by atoms with E-state index in [0.29, 0.717) is 16.9 Å². The highest BCUT2D eigenvalue weighted by Gasteiger charge is 2.27. The van der Waals surface area contributed by atoms with Crippen molar-refractivity contribution >= 4 is 18.0 Å². The molecule has 1 atom stereocenters. The molecule has 5 heteroatoms. The molecule has 5 nitrogen and oxygen atoms in total. The van der Waals surface area contributed by atoms with Gasteiger partial charge in [-0.15, -0.1) is 0 Å². The normalized spacial score (nSPS) is 13.5. The Hall–Kier alpha value is -3.08. The molecule has 1 aliphatic carbocycles. The molecule has 0 aromatic heterocycles. The Balaban J connectivity index is 1.85. The summed E-state index contributed by atoms with van der Waals surface area (Å²) < 4.78 is 15.5. The molecule has 0 saturated carbocycles. The maximum absolute atomic E-state index is 12.6. The Morgan fingerprint density at radius 2 is 1.92 bits per heavy atom. The lowest BCUT2D eigenvalue weighted by atomic mass is 9.95. The summed E-state index contributed by atoms with van der Waals surface area (Å²) in [5.41, 5.74) is 3.10. The lowest BCUT2D eigenvalue weighted by Crippen LogP contribution is -2.21. The van der Waals surface area contributed by atoms with Crippen LogP contribution in [0.25, 0.3) is 6.08 Å². The zero-order valence-corrected chi connectivity index (χ0v) is 14.7. The van der Waals surface area contributed by atoms with Crippen molar-refractivity contribution in [1.29, 1.82) is 0 Å². The van der Waals surface area contributed by atoms with Gasteiger partial charge < -0.3 is 14.2 Å². The van der Waals surface area contributed by atoms with Gasteiger partial charge >= 0.3 is 11.9 Å². The fraction of sp³-hybridized carbons (Fsp3) is 0.238. The fourth-order valence-electron chi connectivity index (χ4n) is 2.90. The summed E-state index contributed by atoms with van der Waals surface area (Å²) in [7, 11) is 2.79.